The van der Waals surface area contributed by atoms with Crippen molar-refractivity contribution in [1.82, 2.24) is 5.32 Å². The Balaban J connectivity index is 2.84. The van der Waals surface area contributed by atoms with Gasteiger partial charge in [-0.1, -0.05) is 6.08 Å². The molecule has 22 heteroatoms. The van der Waals surface area contributed by atoms with Crippen molar-refractivity contribution in [2.24, 2.45) is 0 Å². The first-order valence-corrected chi connectivity index (χ1v) is 19.3. The third-order valence-corrected chi connectivity index (χ3v) is 9.70. The van der Waals surface area contributed by atoms with Crippen molar-refractivity contribution < 1.29 is 95.3 Å². The third-order valence-electron chi connectivity index (χ3n) is 8.31. The van der Waals surface area contributed by atoms with Gasteiger partial charge in [0.05, 0.1) is 19.8 Å². The van der Waals surface area contributed by atoms with Gasteiger partial charge in [-0.25, -0.2) is 4.79 Å². The maximum absolute atomic E-state index is 14.0. The Labute approximate surface area is 345 Å². The van der Waals surface area contributed by atoms with Crippen LogP contribution in [-0.4, -0.2) is 146 Å². The molecule has 1 amide bonds. The van der Waals surface area contributed by atoms with Gasteiger partial charge in [0.2, 0.25) is 10.8 Å². The normalized spacial score (nSPS) is 27.3. The van der Waals surface area contributed by atoms with Gasteiger partial charge in [-0.2, -0.15) is 0 Å². The summed E-state index contributed by atoms with van der Waals surface area (Å²) in [6.45, 7) is 11.5. The molecule has 2 saturated heterocycles. The Kier molecular flexibility index (Phi) is 20.2. The minimum absolute atomic E-state index is 0.0409. The largest absolute Gasteiger partial charge is 0.466 e. The fourth-order valence-electron chi connectivity index (χ4n) is 6.31. The maximum Gasteiger partial charge on any atom is 0.348 e. The summed E-state index contributed by atoms with van der Waals surface area (Å²) in [5.41, 5.74) is 0. The summed E-state index contributed by atoms with van der Waals surface area (Å²) < 4.78 is 62.2. The van der Waals surface area contributed by atoms with E-state index in [1.165, 1.54) is 0 Å². The average Bonchev–Trinajstić information content (AvgIpc) is 3.11. The molecule has 0 radical (unpaired) electrons. The van der Waals surface area contributed by atoms with Crippen LogP contribution < -0.4 is 5.32 Å². The van der Waals surface area contributed by atoms with E-state index in [9.17, 15) is 43.2 Å². The molecule has 59 heavy (non-hydrogen) atoms. The van der Waals surface area contributed by atoms with Crippen LogP contribution in [0, 0.1) is 0 Å². The van der Waals surface area contributed by atoms with Gasteiger partial charge < -0.3 is 57.4 Å². The molecule has 11 atom stereocenters. The predicted octanol–water partition coefficient (Wildman–Crippen LogP) is 0.744. The van der Waals surface area contributed by atoms with Crippen LogP contribution in [0.2, 0.25) is 0 Å². The van der Waals surface area contributed by atoms with Crippen LogP contribution in [0.5, 0.6) is 0 Å². The number of allylic oxidation sites excluding steroid dienone is 1. The second-order valence-electron chi connectivity index (χ2n) is 13.3. The Hall–Kier alpha value is -4.80. The van der Waals surface area contributed by atoms with Gasteiger partial charge in [0, 0.05) is 67.6 Å². The number of hydrogen-bond acceptors (Lipinski definition) is 21. The van der Waals surface area contributed by atoms with Crippen LogP contribution >= 0.6 is 11.8 Å². The topological polar surface area (TPSA) is 267 Å². The number of thioether (sulfide) groups is 1. The molecule has 1 N–H and O–H groups in total. The summed E-state index contributed by atoms with van der Waals surface area (Å²) in [6, 6.07) is -1.43. The number of nitrogens with one attached hydrogen (secondary N) is 1. The molecule has 0 aromatic heterocycles. The van der Waals surface area contributed by atoms with Crippen molar-refractivity contribution in [1.29, 1.82) is 0 Å². The molecule has 0 aliphatic carbocycles. The average molecular weight is 864 g/mol. The van der Waals surface area contributed by atoms with Crippen LogP contribution in [0.25, 0.3) is 0 Å². The van der Waals surface area contributed by atoms with Gasteiger partial charge in [-0.05, 0) is 12.8 Å². The quantitative estimate of drug-likeness (QED) is 0.0765. The lowest BCUT2D eigenvalue weighted by molar-refractivity contribution is -0.300. The van der Waals surface area contributed by atoms with Gasteiger partial charge in [0.15, 0.2) is 36.8 Å². The number of methoxy groups -OCH3 is 1. The SMILES string of the molecule is C=CCCCO[C@@H]1O[C@H](CS[C@]2(C(=O)OC)C[C@H](OC(C)=O)[C@@H](NC(C)=O)[C@H]([C@H](OC(C)=O)[C@@H](COC(C)=O)OC(C)=O)O2)[C@H](OC(C)=O)[C@H](OC(C)=O)[C@H]1OC(C)=O. The molecule has 2 fully saturated rings. The van der Waals surface area contributed by atoms with E-state index in [0.29, 0.717) is 24.6 Å². The van der Waals surface area contributed by atoms with Crippen molar-refractivity contribution in [2.45, 2.75) is 141 Å². The summed E-state index contributed by atoms with van der Waals surface area (Å²) in [6.07, 6.45) is -11.8. The number of carbonyl (C=O) groups is 9. The van der Waals surface area contributed by atoms with E-state index in [1.54, 1.807) is 6.08 Å². The number of unbranched alkanes of at least 4 members (excludes halogenated alkanes) is 1. The molecular weight excluding hydrogens is 810 g/mol. The second kappa shape index (κ2) is 23.7. The van der Waals surface area contributed by atoms with Crippen LogP contribution in [-0.2, 0) is 95.3 Å². The fourth-order valence-corrected chi connectivity index (χ4v) is 7.68. The molecule has 0 unspecified atom stereocenters. The fraction of sp³-hybridized carbons (Fsp3) is 0.703. The van der Waals surface area contributed by atoms with Crippen LogP contribution in [0.15, 0.2) is 12.7 Å². The van der Waals surface area contributed by atoms with Gasteiger partial charge in [0.1, 0.15) is 24.9 Å². The molecule has 2 heterocycles. The van der Waals surface area contributed by atoms with E-state index in [2.05, 4.69) is 11.9 Å². The zero-order valence-electron chi connectivity index (χ0n) is 34.4. The molecule has 0 saturated carbocycles. The van der Waals surface area contributed by atoms with Crippen molar-refractivity contribution in [3.63, 3.8) is 0 Å². The molecule has 2 aliphatic rings. The Bertz CT molecular complexity index is 1550. The standard InChI is InChI=1S/C37H53NO20S/c1-11-12-13-14-49-35-34(56-25(9)46)33(55-24(8)45)31(54-23(7)44)28(57-35)17-59-37(36(47)48-10)15-26(51-20(4)41)29(38-18(2)39)32(58-37)30(53-22(6)43)27(52-21(5)42)16-50-19(3)40/h11,26-35H,1,12-17H2,2-10H3,(H,38,39)/t26-,27+,28+,29+,30+,31-,32+,33-,34+,35+,37-/m0/s1. The number of esters is 8. The van der Waals surface area contributed by atoms with Crippen LogP contribution in [0.1, 0.15) is 74.7 Å². The summed E-state index contributed by atoms with van der Waals surface area (Å²) >= 11 is 0.653. The lowest BCUT2D eigenvalue weighted by atomic mass is 9.89. The highest BCUT2D eigenvalue weighted by molar-refractivity contribution is 8.01. The van der Waals surface area contributed by atoms with E-state index < -0.39 is 139 Å². The highest BCUT2D eigenvalue weighted by Gasteiger charge is 2.60. The monoisotopic (exact) mass is 863 g/mol. The van der Waals surface area contributed by atoms with Gasteiger partial charge in [-0.3, -0.25) is 38.4 Å². The van der Waals surface area contributed by atoms with E-state index in [0.717, 1.165) is 62.5 Å². The maximum atomic E-state index is 14.0. The van der Waals surface area contributed by atoms with E-state index in [-0.39, 0.29) is 6.61 Å². The zero-order chi connectivity index (χ0) is 44.6. The first-order chi connectivity index (χ1) is 27.6. The predicted molar refractivity (Wildman–Crippen MR) is 198 cm³/mol. The van der Waals surface area contributed by atoms with Crippen LogP contribution in [0.3, 0.4) is 0 Å². The van der Waals surface area contributed by atoms with Crippen molar-refractivity contribution in [3.05, 3.63) is 12.7 Å². The Morgan fingerprint density at radius 1 is 0.780 bits per heavy atom. The van der Waals surface area contributed by atoms with E-state index in [1.807, 2.05) is 0 Å². The molecule has 2 rings (SSSR count). The number of hydrogen-bond donors (Lipinski definition) is 1. The molecule has 332 valence electrons. The smallest absolute Gasteiger partial charge is 0.348 e. The first kappa shape index (κ1) is 50.3. The lowest BCUT2D eigenvalue weighted by Gasteiger charge is -2.49. The van der Waals surface area contributed by atoms with E-state index >= 15 is 0 Å². The van der Waals surface area contributed by atoms with Crippen molar-refractivity contribution in [3.8, 4) is 0 Å². The minimum atomic E-state index is -2.29. The third kappa shape index (κ3) is 15.7. The Morgan fingerprint density at radius 2 is 1.36 bits per heavy atom. The number of carbonyl (C=O) groups excluding carboxylic acids is 9. The minimum Gasteiger partial charge on any atom is -0.466 e. The molecule has 21 nitrogen and oxygen atoms in total. The first-order valence-electron chi connectivity index (χ1n) is 18.4. The lowest BCUT2D eigenvalue weighted by Crippen LogP contribution is -2.68. The van der Waals surface area contributed by atoms with Crippen molar-refractivity contribution >= 4 is 65.4 Å². The van der Waals surface area contributed by atoms with Gasteiger partial charge >= 0.3 is 47.8 Å². The van der Waals surface area contributed by atoms with Gasteiger partial charge in [0.25, 0.3) is 0 Å². The highest BCUT2D eigenvalue weighted by atomic mass is 32.2. The summed E-state index contributed by atoms with van der Waals surface area (Å²) in [7, 11) is 1.02. The number of rotatable bonds is 20. The van der Waals surface area contributed by atoms with Crippen LogP contribution in [0.4, 0.5) is 0 Å². The van der Waals surface area contributed by atoms with E-state index in [4.69, 9.17) is 52.1 Å². The van der Waals surface area contributed by atoms with Gasteiger partial charge in [-0.15, -0.1) is 18.3 Å². The summed E-state index contributed by atoms with van der Waals surface area (Å²) in [5, 5.41) is 2.58. The Morgan fingerprint density at radius 3 is 1.86 bits per heavy atom. The second-order valence-corrected chi connectivity index (χ2v) is 14.6. The molecule has 0 spiro atoms. The van der Waals surface area contributed by atoms with Crippen molar-refractivity contribution in [2.75, 3.05) is 26.1 Å². The summed E-state index contributed by atoms with van der Waals surface area (Å²) in [5.74, 6) is -8.32. The molecular formula is C37H53NO20S. The molecule has 2 aliphatic heterocycles. The highest BCUT2D eigenvalue weighted by Crippen LogP contribution is 2.44. The number of ether oxygens (including phenoxy) is 11. The molecule has 0 aromatic rings. The molecule has 0 aromatic carbocycles. The number of amides is 1. The summed E-state index contributed by atoms with van der Waals surface area (Å²) in [4.78, 5) is 111. The molecule has 0 bridgehead atoms. The zero-order valence-corrected chi connectivity index (χ0v) is 35.2.